The summed E-state index contributed by atoms with van der Waals surface area (Å²) in [5, 5.41) is 17.3. The van der Waals surface area contributed by atoms with Gasteiger partial charge in [-0.25, -0.2) is 4.68 Å². The number of nitrogens with zero attached hydrogens (tertiary/aromatic N) is 5. The number of rotatable bonds is 5. The highest BCUT2D eigenvalue weighted by Crippen LogP contribution is 2.21. The van der Waals surface area contributed by atoms with Gasteiger partial charge in [0.15, 0.2) is 5.69 Å². The summed E-state index contributed by atoms with van der Waals surface area (Å²) in [6.45, 7) is 0.723. The average Bonchev–Trinajstić information content (AvgIpc) is 2.99. The van der Waals surface area contributed by atoms with Gasteiger partial charge in [0, 0.05) is 24.5 Å². The molecule has 5 nitrogen and oxygen atoms in total. The van der Waals surface area contributed by atoms with Crippen molar-refractivity contribution in [3.8, 4) is 17.3 Å². The fraction of sp³-hybridized carbons (Fsp3) is 0.176. The van der Waals surface area contributed by atoms with Crippen molar-refractivity contribution in [3.05, 3.63) is 66.1 Å². The van der Waals surface area contributed by atoms with Crippen LogP contribution in [-0.2, 0) is 13.0 Å². The summed E-state index contributed by atoms with van der Waals surface area (Å²) in [7, 11) is 0. The van der Waals surface area contributed by atoms with Crippen LogP contribution in [0.3, 0.4) is 0 Å². The minimum atomic E-state index is 0.353. The molecule has 0 N–H and O–H groups in total. The number of nitriles is 1. The standard InChI is InChI=1S/C17H15N5/c18-13-16-17(15-8-10-19-11-9-15)22(21-20-16)12-4-7-14-5-2-1-3-6-14/h1-3,5-6,8-11H,4,7,12H2. The second-order valence-corrected chi connectivity index (χ2v) is 4.95. The van der Waals surface area contributed by atoms with E-state index in [4.69, 9.17) is 0 Å². The van der Waals surface area contributed by atoms with E-state index >= 15 is 0 Å². The van der Waals surface area contributed by atoms with Crippen LogP contribution < -0.4 is 0 Å². The van der Waals surface area contributed by atoms with E-state index in [1.165, 1.54) is 5.56 Å². The highest BCUT2D eigenvalue weighted by Gasteiger charge is 2.14. The molecule has 0 amide bonds. The highest BCUT2D eigenvalue weighted by atomic mass is 15.4. The molecular formula is C17H15N5. The van der Waals surface area contributed by atoms with Gasteiger partial charge in [0.05, 0.1) is 0 Å². The molecule has 0 spiro atoms. The van der Waals surface area contributed by atoms with Gasteiger partial charge in [-0.1, -0.05) is 35.5 Å². The lowest BCUT2D eigenvalue weighted by atomic mass is 10.1. The van der Waals surface area contributed by atoms with Gasteiger partial charge in [-0.05, 0) is 30.5 Å². The van der Waals surface area contributed by atoms with E-state index in [0.717, 1.165) is 30.6 Å². The van der Waals surface area contributed by atoms with Gasteiger partial charge in [-0.2, -0.15) is 5.26 Å². The molecule has 0 saturated carbocycles. The van der Waals surface area contributed by atoms with Crippen LogP contribution in [0.15, 0.2) is 54.9 Å². The fourth-order valence-electron chi connectivity index (χ4n) is 2.42. The minimum absolute atomic E-state index is 0.353. The van der Waals surface area contributed by atoms with Crippen LogP contribution in [0.2, 0.25) is 0 Å². The predicted molar refractivity (Wildman–Crippen MR) is 82.7 cm³/mol. The molecule has 0 aliphatic rings. The zero-order valence-corrected chi connectivity index (χ0v) is 12.1. The van der Waals surface area contributed by atoms with Gasteiger partial charge in [-0.15, -0.1) is 5.10 Å². The normalized spacial score (nSPS) is 10.3. The Morgan fingerprint density at radius 3 is 2.55 bits per heavy atom. The first-order valence-corrected chi connectivity index (χ1v) is 7.16. The summed E-state index contributed by atoms with van der Waals surface area (Å²) in [5.74, 6) is 0. The summed E-state index contributed by atoms with van der Waals surface area (Å²) >= 11 is 0. The maximum atomic E-state index is 9.22. The topological polar surface area (TPSA) is 67.4 Å². The summed E-state index contributed by atoms with van der Waals surface area (Å²) in [5.41, 5.74) is 3.33. The van der Waals surface area contributed by atoms with Gasteiger partial charge in [0.25, 0.3) is 0 Å². The van der Waals surface area contributed by atoms with Crippen LogP contribution in [0.25, 0.3) is 11.3 Å². The Morgan fingerprint density at radius 2 is 1.82 bits per heavy atom. The Bertz CT molecular complexity index is 772. The lowest BCUT2D eigenvalue weighted by molar-refractivity contribution is 0.563. The van der Waals surface area contributed by atoms with Crippen LogP contribution in [0, 0.1) is 11.3 Å². The Hall–Kier alpha value is -3.00. The van der Waals surface area contributed by atoms with Crippen LogP contribution in [-0.4, -0.2) is 20.0 Å². The van der Waals surface area contributed by atoms with Crippen molar-refractivity contribution in [1.29, 1.82) is 5.26 Å². The number of benzene rings is 1. The molecule has 3 rings (SSSR count). The van der Waals surface area contributed by atoms with E-state index in [1.807, 2.05) is 30.3 Å². The molecule has 0 aliphatic heterocycles. The van der Waals surface area contributed by atoms with Crippen molar-refractivity contribution in [2.75, 3.05) is 0 Å². The van der Waals surface area contributed by atoms with Gasteiger partial charge in [0.2, 0.25) is 0 Å². The molecule has 22 heavy (non-hydrogen) atoms. The zero-order chi connectivity index (χ0) is 15.2. The van der Waals surface area contributed by atoms with E-state index in [-0.39, 0.29) is 0 Å². The first kappa shape index (κ1) is 14.0. The first-order chi connectivity index (χ1) is 10.9. The van der Waals surface area contributed by atoms with Crippen molar-refractivity contribution < 1.29 is 0 Å². The molecule has 0 bridgehead atoms. The second-order valence-electron chi connectivity index (χ2n) is 4.95. The summed E-state index contributed by atoms with van der Waals surface area (Å²) in [6.07, 6.45) is 5.32. The molecule has 0 atom stereocenters. The molecule has 1 aromatic carbocycles. The van der Waals surface area contributed by atoms with E-state index in [9.17, 15) is 5.26 Å². The summed E-state index contributed by atoms with van der Waals surface area (Å²) in [6, 6.07) is 16.2. The van der Waals surface area contributed by atoms with Crippen molar-refractivity contribution in [3.63, 3.8) is 0 Å². The molecule has 2 heterocycles. The molecular weight excluding hydrogens is 274 g/mol. The molecule has 5 heteroatoms. The third-order valence-corrected chi connectivity index (χ3v) is 3.47. The van der Waals surface area contributed by atoms with Gasteiger partial charge in [0.1, 0.15) is 11.8 Å². The second kappa shape index (κ2) is 6.64. The maximum Gasteiger partial charge on any atom is 0.190 e. The monoisotopic (exact) mass is 289 g/mol. The molecule has 0 aliphatic carbocycles. The van der Waals surface area contributed by atoms with Crippen molar-refractivity contribution >= 4 is 0 Å². The SMILES string of the molecule is N#Cc1nnn(CCCc2ccccc2)c1-c1ccncc1. The summed E-state index contributed by atoms with van der Waals surface area (Å²) < 4.78 is 1.80. The fourth-order valence-corrected chi connectivity index (χ4v) is 2.42. The van der Waals surface area contributed by atoms with Gasteiger partial charge < -0.3 is 0 Å². The minimum Gasteiger partial charge on any atom is -0.265 e. The average molecular weight is 289 g/mol. The van der Waals surface area contributed by atoms with Gasteiger partial charge in [-0.3, -0.25) is 4.98 Å². The van der Waals surface area contributed by atoms with E-state index < -0.39 is 0 Å². The molecule has 108 valence electrons. The lowest BCUT2D eigenvalue weighted by Gasteiger charge is -2.06. The van der Waals surface area contributed by atoms with Crippen LogP contribution in [0.5, 0.6) is 0 Å². The number of aryl methyl sites for hydroxylation is 2. The lowest BCUT2D eigenvalue weighted by Crippen LogP contribution is -2.04. The Labute approximate surface area is 128 Å². The van der Waals surface area contributed by atoms with Gasteiger partial charge >= 0.3 is 0 Å². The van der Waals surface area contributed by atoms with Crippen molar-refractivity contribution in [2.24, 2.45) is 0 Å². The Balaban J connectivity index is 1.77. The third kappa shape index (κ3) is 3.01. The van der Waals surface area contributed by atoms with E-state index in [1.54, 1.807) is 17.1 Å². The zero-order valence-electron chi connectivity index (χ0n) is 12.1. The Kier molecular flexibility index (Phi) is 4.21. The predicted octanol–water partition coefficient (Wildman–Crippen LogP) is 2.84. The van der Waals surface area contributed by atoms with Crippen LogP contribution >= 0.6 is 0 Å². The molecule has 2 aromatic heterocycles. The summed E-state index contributed by atoms with van der Waals surface area (Å²) in [4.78, 5) is 4.01. The molecule has 0 unspecified atom stereocenters. The maximum absolute atomic E-state index is 9.22. The quantitative estimate of drug-likeness (QED) is 0.724. The molecule has 0 saturated heterocycles. The third-order valence-electron chi connectivity index (χ3n) is 3.47. The van der Waals surface area contributed by atoms with E-state index in [2.05, 4.69) is 33.5 Å². The molecule has 0 fully saturated rings. The number of pyridine rings is 1. The van der Waals surface area contributed by atoms with Crippen molar-refractivity contribution in [2.45, 2.75) is 19.4 Å². The van der Waals surface area contributed by atoms with Crippen LogP contribution in [0.4, 0.5) is 0 Å². The number of hydrogen-bond donors (Lipinski definition) is 0. The number of aromatic nitrogens is 4. The number of hydrogen-bond acceptors (Lipinski definition) is 4. The molecule has 0 radical (unpaired) electrons. The van der Waals surface area contributed by atoms with Crippen molar-refractivity contribution in [1.82, 2.24) is 20.0 Å². The molecule has 3 aromatic rings. The largest absolute Gasteiger partial charge is 0.265 e. The smallest absolute Gasteiger partial charge is 0.190 e. The first-order valence-electron chi connectivity index (χ1n) is 7.16. The van der Waals surface area contributed by atoms with Crippen LogP contribution in [0.1, 0.15) is 17.7 Å². The highest BCUT2D eigenvalue weighted by molar-refractivity contribution is 5.64. The van der Waals surface area contributed by atoms with E-state index in [0.29, 0.717) is 5.69 Å². The Morgan fingerprint density at radius 1 is 1.05 bits per heavy atom.